The Morgan fingerprint density at radius 3 is 3.26 bits per heavy atom. The van der Waals surface area contributed by atoms with E-state index in [-0.39, 0.29) is 18.1 Å². The molecule has 1 saturated heterocycles. The van der Waals surface area contributed by atoms with E-state index in [0.717, 1.165) is 43.6 Å². The van der Waals surface area contributed by atoms with Gasteiger partial charge in [0.15, 0.2) is 5.69 Å². The number of hydrogen-bond acceptors (Lipinski definition) is 4. The van der Waals surface area contributed by atoms with Gasteiger partial charge in [0, 0.05) is 43.4 Å². The number of ether oxygens (including phenoxy) is 1. The summed E-state index contributed by atoms with van der Waals surface area (Å²) in [5.41, 5.74) is 2.65. The maximum absolute atomic E-state index is 12.3. The second kappa shape index (κ2) is 5.30. The number of aromatic nitrogens is 2. The van der Waals surface area contributed by atoms with Crippen LogP contribution in [0.5, 0.6) is 0 Å². The molecule has 6 heteroatoms. The Bertz CT molecular complexity index is 471. The molecule has 3 heterocycles. The van der Waals surface area contributed by atoms with Crippen LogP contribution >= 0.6 is 0 Å². The molecule has 0 radical (unpaired) electrons. The molecular weight excluding hydrogens is 244 g/mol. The summed E-state index contributed by atoms with van der Waals surface area (Å²) in [6.45, 7) is 4.41. The number of amides is 1. The molecule has 0 aliphatic carbocycles. The van der Waals surface area contributed by atoms with Crippen molar-refractivity contribution in [2.45, 2.75) is 44.9 Å². The zero-order chi connectivity index (χ0) is 13.2. The Balaban J connectivity index is 1.68. The second-order valence-corrected chi connectivity index (χ2v) is 5.33. The number of fused-ring (bicyclic) bond motifs is 1. The van der Waals surface area contributed by atoms with E-state index >= 15 is 0 Å². The number of nitrogens with zero attached hydrogens (tertiary/aromatic N) is 1. The first-order valence-electron chi connectivity index (χ1n) is 6.93. The predicted molar refractivity (Wildman–Crippen MR) is 69.9 cm³/mol. The van der Waals surface area contributed by atoms with Gasteiger partial charge in [-0.15, -0.1) is 0 Å². The summed E-state index contributed by atoms with van der Waals surface area (Å²) in [5, 5.41) is 13.5. The molecule has 2 aliphatic rings. The van der Waals surface area contributed by atoms with Crippen molar-refractivity contribution < 1.29 is 9.53 Å². The van der Waals surface area contributed by atoms with Crippen LogP contribution in [0.3, 0.4) is 0 Å². The number of hydrogen-bond donors (Lipinski definition) is 3. The molecular formula is C13H20N4O2. The molecule has 104 valence electrons. The fraction of sp³-hybridized carbons (Fsp3) is 0.692. The fourth-order valence-corrected chi connectivity index (χ4v) is 2.80. The van der Waals surface area contributed by atoms with Crippen molar-refractivity contribution in [3.8, 4) is 0 Å². The van der Waals surface area contributed by atoms with Crippen LogP contribution in [0, 0.1) is 0 Å². The largest absolute Gasteiger partial charge is 0.378 e. The summed E-state index contributed by atoms with van der Waals surface area (Å²) in [5.74, 6) is -0.0692. The van der Waals surface area contributed by atoms with E-state index in [1.165, 1.54) is 0 Å². The van der Waals surface area contributed by atoms with Gasteiger partial charge in [-0.1, -0.05) is 0 Å². The van der Waals surface area contributed by atoms with Gasteiger partial charge in [-0.2, -0.15) is 5.10 Å². The van der Waals surface area contributed by atoms with E-state index < -0.39 is 0 Å². The first kappa shape index (κ1) is 12.6. The summed E-state index contributed by atoms with van der Waals surface area (Å²) in [6.07, 6.45) is 2.87. The van der Waals surface area contributed by atoms with E-state index in [4.69, 9.17) is 4.74 Å². The minimum atomic E-state index is -0.0692. The average molecular weight is 264 g/mol. The number of carbonyl (C=O) groups is 1. The van der Waals surface area contributed by atoms with Gasteiger partial charge in [0.25, 0.3) is 5.91 Å². The molecule has 1 aromatic rings. The first-order chi connectivity index (χ1) is 9.24. The van der Waals surface area contributed by atoms with Crippen LogP contribution in [0.25, 0.3) is 0 Å². The number of nitrogens with one attached hydrogen (secondary N) is 3. The highest BCUT2D eigenvalue weighted by molar-refractivity contribution is 5.94. The Kier molecular flexibility index (Phi) is 3.52. The van der Waals surface area contributed by atoms with E-state index in [2.05, 4.69) is 20.8 Å². The van der Waals surface area contributed by atoms with E-state index in [1.54, 1.807) is 0 Å². The van der Waals surface area contributed by atoms with Gasteiger partial charge in [0.1, 0.15) is 0 Å². The normalized spacial score (nSPS) is 26.8. The molecule has 0 spiro atoms. The molecule has 6 nitrogen and oxygen atoms in total. The number of aromatic amines is 1. The van der Waals surface area contributed by atoms with Crippen molar-refractivity contribution >= 4 is 5.91 Å². The van der Waals surface area contributed by atoms with Crippen LogP contribution in [0.2, 0.25) is 0 Å². The Morgan fingerprint density at radius 1 is 1.53 bits per heavy atom. The molecule has 1 aromatic heterocycles. The summed E-state index contributed by atoms with van der Waals surface area (Å²) < 4.78 is 5.49. The minimum Gasteiger partial charge on any atom is -0.378 e. The highest BCUT2D eigenvalue weighted by atomic mass is 16.5. The topological polar surface area (TPSA) is 79.0 Å². The van der Waals surface area contributed by atoms with Gasteiger partial charge < -0.3 is 15.4 Å². The van der Waals surface area contributed by atoms with Gasteiger partial charge in [-0.25, -0.2) is 0 Å². The summed E-state index contributed by atoms with van der Waals surface area (Å²) >= 11 is 0. The van der Waals surface area contributed by atoms with Crippen LogP contribution < -0.4 is 10.6 Å². The smallest absolute Gasteiger partial charge is 0.272 e. The zero-order valence-electron chi connectivity index (χ0n) is 11.2. The van der Waals surface area contributed by atoms with E-state index in [0.29, 0.717) is 12.3 Å². The molecule has 3 N–H and O–H groups in total. The fourth-order valence-electron chi connectivity index (χ4n) is 2.80. The third-order valence-electron chi connectivity index (χ3n) is 3.84. The molecule has 2 aliphatic heterocycles. The molecule has 3 rings (SSSR count). The van der Waals surface area contributed by atoms with Gasteiger partial charge in [-0.3, -0.25) is 9.89 Å². The quantitative estimate of drug-likeness (QED) is 0.720. The molecule has 2 atom stereocenters. The van der Waals surface area contributed by atoms with Crippen molar-refractivity contribution in [3.05, 3.63) is 17.0 Å². The monoisotopic (exact) mass is 264 g/mol. The molecule has 1 amide bonds. The summed E-state index contributed by atoms with van der Waals surface area (Å²) in [4.78, 5) is 12.3. The van der Waals surface area contributed by atoms with Gasteiger partial charge in [-0.05, 0) is 19.8 Å². The Hall–Kier alpha value is -1.40. The third kappa shape index (κ3) is 2.64. The van der Waals surface area contributed by atoms with Crippen molar-refractivity contribution in [2.75, 3.05) is 13.2 Å². The first-order valence-corrected chi connectivity index (χ1v) is 6.93. The Morgan fingerprint density at radius 2 is 2.42 bits per heavy atom. The Labute approximate surface area is 112 Å². The summed E-state index contributed by atoms with van der Waals surface area (Å²) in [6, 6.07) is 0.195. The second-order valence-electron chi connectivity index (χ2n) is 5.33. The number of rotatable bonds is 2. The molecule has 1 fully saturated rings. The number of H-pyrrole nitrogens is 1. The highest BCUT2D eigenvalue weighted by Gasteiger charge is 2.25. The van der Waals surface area contributed by atoms with Crippen LogP contribution in [0.15, 0.2) is 0 Å². The van der Waals surface area contributed by atoms with Crippen molar-refractivity contribution in [3.63, 3.8) is 0 Å². The molecule has 0 aromatic carbocycles. The summed E-state index contributed by atoms with van der Waals surface area (Å²) in [7, 11) is 0. The van der Waals surface area contributed by atoms with Crippen LogP contribution in [-0.4, -0.2) is 41.4 Å². The van der Waals surface area contributed by atoms with Gasteiger partial charge in [0.2, 0.25) is 0 Å². The van der Waals surface area contributed by atoms with E-state index in [1.807, 2.05) is 6.92 Å². The highest BCUT2D eigenvalue weighted by Crippen LogP contribution is 2.17. The number of carbonyl (C=O) groups excluding carboxylic acids is 1. The lowest BCUT2D eigenvalue weighted by atomic mass is 10.0. The minimum absolute atomic E-state index is 0.0692. The average Bonchev–Trinajstić information content (AvgIpc) is 2.82. The SMILES string of the molecule is CC1CC(NC(=O)c2n[nH]c3c2CNCC3)CCO1. The van der Waals surface area contributed by atoms with Crippen LogP contribution in [0.1, 0.15) is 41.5 Å². The van der Waals surface area contributed by atoms with E-state index in [9.17, 15) is 4.79 Å². The van der Waals surface area contributed by atoms with Crippen molar-refractivity contribution in [1.29, 1.82) is 0 Å². The molecule has 0 bridgehead atoms. The predicted octanol–water partition coefficient (Wildman–Crippen LogP) is 0.353. The van der Waals surface area contributed by atoms with Gasteiger partial charge in [0.05, 0.1) is 6.10 Å². The van der Waals surface area contributed by atoms with Gasteiger partial charge >= 0.3 is 0 Å². The lowest BCUT2D eigenvalue weighted by Crippen LogP contribution is -2.41. The molecule has 2 unspecified atom stereocenters. The zero-order valence-corrected chi connectivity index (χ0v) is 11.2. The lowest BCUT2D eigenvalue weighted by molar-refractivity contribution is 0.0136. The van der Waals surface area contributed by atoms with Crippen molar-refractivity contribution in [2.24, 2.45) is 0 Å². The van der Waals surface area contributed by atoms with Crippen LogP contribution in [-0.2, 0) is 17.7 Å². The maximum atomic E-state index is 12.3. The maximum Gasteiger partial charge on any atom is 0.272 e. The van der Waals surface area contributed by atoms with Crippen LogP contribution in [0.4, 0.5) is 0 Å². The molecule has 0 saturated carbocycles. The lowest BCUT2D eigenvalue weighted by Gasteiger charge is -2.27. The standard InChI is InChI=1S/C13H20N4O2/c1-8-6-9(3-5-19-8)15-13(18)12-10-7-14-4-2-11(10)16-17-12/h8-9,14H,2-7H2,1H3,(H,15,18)(H,16,17). The third-order valence-corrected chi connectivity index (χ3v) is 3.84. The van der Waals surface area contributed by atoms with Crippen molar-refractivity contribution in [1.82, 2.24) is 20.8 Å². The molecule has 19 heavy (non-hydrogen) atoms.